The Hall–Kier alpha value is -0.820. The van der Waals surface area contributed by atoms with E-state index in [0.29, 0.717) is 32.2 Å². The van der Waals surface area contributed by atoms with Crippen molar-refractivity contribution in [3.8, 4) is 0 Å². The van der Waals surface area contributed by atoms with Gasteiger partial charge >= 0.3 is 6.18 Å². The molecule has 1 amide bonds. The van der Waals surface area contributed by atoms with Crippen molar-refractivity contribution in [2.75, 3.05) is 26.2 Å². The van der Waals surface area contributed by atoms with Crippen LogP contribution in [0, 0.1) is 5.92 Å². The molecule has 2 atom stereocenters. The van der Waals surface area contributed by atoms with Crippen LogP contribution in [0.1, 0.15) is 32.6 Å². The zero-order valence-corrected chi connectivity index (χ0v) is 11.7. The van der Waals surface area contributed by atoms with Crippen LogP contribution in [0.15, 0.2) is 0 Å². The second kappa shape index (κ2) is 7.83. The molecule has 0 aromatic carbocycles. The summed E-state index contributed by atoms with van der Waals surface area (Å²) in [5.41, 5.74) is 0. The maximum Gasteiger partial charge on any atom is 0.401 e. The molecular weight excluding hydrogens is 273 g/mol. The SMILES string of the molecule is CCC(CCO)NC(=O)C1CCCN(CC(F)(F)F)C1. The molecule has 1 fully saturated rings. The van der Waals surface area contributed by atoms with Gasteiger partial charge in [0.15, 0.2) is 0 Å². The molecule has 20 heavy (non-hydrogen) atoms. The molecule has 2 unspecified atom stereocenters. The molecule has 118 valence electrons. The summed E-state index contributed by atoms with van der Waals surface area (Å²) in [6.07, 6.45) is -1.82. The first kappa shape index (κ1) is 17.2. The van der Waals surface area contributed by atoms with Gasteiger partial charge in [-0.15, -0.1) is 0 Å². The van der Waals surface area contributed by atoms with E-state index in [-0.39, 0.29) is 31.0 Å². The third kappa shape index (κ3) is 6.09. The van der Waals surface area contributed by atoms with Crippen LogP contribution in [-0.4, -0.2) is 54.4 Å². The fourth-order valence-electron chi connectivity index (χ4n) is 2.52. The number of amides is 1. The van der Waals surface area contributed by atoms with Gasteiger partial charge in [-0.25, -0.2) is 0 Å². The van der Waals surface area contributed by atoms with Gasteiger partial charge in [-0.05, 0) is 32.2 Å². The molecule has 0 bridgehead atoms. The number of rotatable bonds is 6. The Labute approximate surface area is 117 Å². The lowest BCUT2D eigenvalue weighted by Crippen LogP contribution is -2.48. The van der Waals surface area contributed by atoms with Crippen molar-refractivity contribution in [3.63, 3.8) is 0 Å². The molecule has 4 nitrogen and oxygen atoms in total. The molecule has 1 aliphatic rings. The summed E-state index contributed by atoms with van der Waals surface area (Å²) in [5.74, 6) is -0.587. The molecule has 0 saturated carbocycles. The summed E-state index contributed by atoms with van der Waals surface area (Å²) in [6, 6.07) is -0.106. The molecule has 1 saturated heterocycles. The number of hydrogen-bond donors (Lipinski definition) is 2. The molecule has 0 spiro atoms. The number of aliphatic hydroxyl groups is 1. The minimum absolute atomic E-state index is 0.0103. The molecule has 1 heterocycles. The predicted octanol–water partition coefficient (Wildman–Crippen LogP) is 1.54. The molecule has 0 aromatic heterocycles. The number of aliphatic hydroxyl groups excluding tert-OH is 1. The first-order chi connectivity index (χ1) is 9.35. The molecule has 0 aromatic rings. The van der Waals surface area contributed by atoms with E-state index in [2.05, 4.69) is 5.32 Å². The molecule has 2 N–H and O–H groups in total. The van der Waals surface area contributed by atoms with Crippen LogP contribution in [0.5, 0.6) is 0 Å². The van der Waals surface area contributed by atoms with Crippen LogP contribution < -0.4 is 5.32 Å². The number of nitrogens with zero attached hydrogens (tertiary/aromatic N) is 1. The third-order valence-electron chi connectivity index (χ3n) is 3.60. The zero-order chi connectivity index (χ0) is 15.2. The number of hydrogen-bond acceptors (Lipinski definition) is 3. The van der Waals surface area contributed by atoms with Crippen molar-refractivity contribution in [2.45, 2.75) is 44.8 Å². The van der Waals surface area contributed by atoms with Crippen LogP contribution in [0.2, 0.25) is 0 Å². The molecule has 1 aliphatic heterocycles. The van der Waals surface area contributed by atoms with Gasteiger partial charge in [-0.2, -0.15) is 13.2 Å². The Balaban J connectivity index is 2.47. The van der Waals surface area contributed by atoms with Crippen molar-refractivity contribution in [1.82, 2.24) is 10.2 Å². The topological polar surface area (TPSA) is 52.6 Å². The van der Waals surface area contributed by atoms with E-state index in [4.69, 9.17) is 5.11 Å². The van der Waals surface area contributed by atoms with E-state index < -0.39 is 12.7 Å². The number of carbonyl (C=O) groups excluding carboxylic acids is 1. The van der Waals surface area contributed by atoms with E-state index in [9.17, 15) is 18.0 Å². The largest absolute Gasteiger partial charge is 0.401 e. The summed E-state index contributed by atoms with van der Waals surface area (Å²) in [4.78, 5) is 13.3. The van der Waals surface area contributed by atoms with Crippen LogP contribution >= 0.6 is 0 Å². The van der Waals surface area contributed by atoms with E-state index in [1.54, 1.807) is 0 Å². The van der Waals surface area contributed by atoms with Gasteiger partial charge in [0.1, 0.15) is 0 Å². The first-order valence-corrected chi connectivity index (χ1v) is 7.06. The van der Waals surface area contributed by atoms with Gasteiger partial charge in [0.2, 0.25) is 5.91 Å². The summed E-state index contributed by atoms with van der Waals surface area (Å²) >= 11 is 0. The van der Waals surface area contributed by atoms with E-state index in [0.717, 1.165) is 0 Å². The van der Waals surface area contributed by atoms with Gasteiger partial charge in [-0.1, -0.05) is 6.92 Å². The quantitative estimate of drug-likeness (QED) is 0.782. The highest BCUT2D eigenvalue weighted by Gasteiger charge is 2.34. The highest BCUT2D eigenvalue weighted by atomic mass is 19.4. The van der Waals surface area contributed by atoms with E-state index in [1.165, 1.54) is 4.90 Å². The van der Waals surface area contributed by atoms with Gasteiger partial charge in [0.05, 0.1) is 12.5 Å². The second-order valence-corrected chi connectivity index (χ2v) is 5.32. The highest BCUT2D eigenvalue weighted by molar-refractivity contribution is 5.79. The second-order valence-electron chi connectivity index (χ2n) is 5.32. The zero-order valence-electron chi connectivity index (χ0n) is 11.7. The lowest BCUT2D eigenvalue weighted by Gasteiger charge is -2.33. The lowest BCUT2D eigenvalue weighted by molar-refractivity contribution is -0.152. The maximum absolute atomic E-state index is 12.4. The Bertz CT molecular complexity index is 310. The third-order valence-corrected chi connectivity index (χ3v) is 3.60. The summed E-state index contributed by atoms with van der Waals surface area (Å²) in [7, 11) is 0. The number of carbonyl (C=O) groups is 1. The molecule has 7 heteroatoms. The maximum atomic E-state index is 12.4. The number of piperidine rings is 1. The average molecular weight is 296 g/mol. The van der Waals surface area contributed by atoms with Crippen molar-refractivity contribution < 1.29 is 23.1 Å². The van der Waals surface area contributed by atoms with Gasteiger partial charge in [-0.3, -0.25) is 9.69 Å². The molecule has 1 rings (SSSR count). The Kier molecular flexibility index (Phi) is 6.75. The van der Waals surface area contributed by atoms with Crippen molar-refractivity contribution in [1.29, 1.82) is 0 Å². The normalized spacial score (nSPS) is 22.6. The van der Waals surface area contributed by atoms with Crippen molar-refractivity contribution in [2.24, 2.45) is 5.92 Å². The number of nitrogens with one attached hydrogen (secondary N) is 1. The monoisotopic (exact) mass is 296 g/mol. The first-order valence-electron chi connectivity index (χ1n) is 7.06. The van der Waals surface area contributed by atoms with Crippen molar-refractivity contribution in [3.05, 3.63) is 0 Å². The highest BCUT2D eigenvalue weighted by Crippen LogP contribution is 2.22. The van der Waals surface area contributed by atoms with Crippen molar-refractivity contribution >= 4 is 5.91 Å². The van der Waals surface area contributed by atoms with Crippen LogP contribution in [0.3, 0.4) is 0 Å². The van der Waals surface area contributed by atoms with Gasteiger partial charge in [0, 0.05) is 19.2 Å². The average Bonchev–Trinajstić information content (AvgIpc) is 2.36. The van der Waals surface area contributed by atoms with Crippen LogP contribution in [0.4, 0.5) is 13.2 Å². The number of alkyl halides is 3. The smallest absolute Gasteiger partial charge is 0.396 e. The Morgan fingerprint density at radius 2 is 2.20 bits per heavy atom. The molecule has 0 aliphatic carbocycles. The fraction of sp³-hybridized carbons (Fsp3) is 0.923. The Morgan fingerprint density at radius 3 is 2.75 bits per heavy atom. The standard InChI is InChI=1S/C13H23F3N2O2/c1-2-11(5-7-19)17-12(20)10-4-3-6-18(8-10)9-13(14,15)16/h10-11,19H,2-9H2,1H3,(H,17,20). The van der Waals surface area contributed by atoms with E-state index >= 15 is 0 Å². The summed E-state index contributed by atoms with van der Waals surface area (Å²) in [6.45, 7) is 1.48. The van der Waals surface area contributed by atoms with Gasteiger partial charge in [0.25, 0.3) is 0 Å². The van der Waals surface area contributed by atoms with Crippen LogP contribution in [-0.2, 0) is 4.79 Å². The van der Waals surface area contributed by atoms with Gasteiger partial charge < -0.3 is 10.4 Å². The van der Waals surface area contributed by atoms with E-state index in [1.807, 2.05) is 6.92 Å². The summed E-state index contributed by atoms with van der Waals surface area (Å²) < 4.78 is 37.1. The Morgan fingerprint density at radius 1 is 1.50 bits per heavy atom. The number of likely N-dealkylation sites (tertiary alicyclic amines) is 1. The fourth-order valence-corrected chi connectivity index (χ4v) is 2.52. The summed E-state index contributed by atoms with van der Waals surface area (Å²) in [5, 5.41) is 11.7. The molecular formula is C13H23F3N2O2. The predicted molar refractivity (Wildman–Crippen MR) is 69.1 cm³/mol. The number of halogens is 3. The van der Waals surface area contributed by atoms with Crippen LogP contribution in [0.25, 0.3) is 0 Å². The minimum atomic E-state index is -4.22. The lowest BCUT2D eigenvalue weighted by atomic mass is 9.96. The minimum Gasteiger partial charge on any atom is -0.396 e. The molecule has 0 radical (unpaired) electrons.